The lowest BCUT2D eigenvalue weighted by molar-refractivity contribution is -0.0498. The second-order valence-electron chi connectivity index (χ2n) is 11.6. The minimum atomic E-state index is -2.85. The smallest absolute Gasteiger partial charge is 0.387 e. The van der Waals surface area contributed by atoms with Gasteiger partial charge in [-0.25, -0.2) is 19.9 Å². The largest absolute Gasteiger partial charge is 0.435 e. The van der Waals surface area contributed by atoms with Gasteiger partial charge in [-0.1, -0.05) is 6.92 Å². The van der Waals surface area contributed by atoms with Gasteiger partial charge in [0, 0.05) is 54.6 Å². The quantitative estimate of drug-likeness (QED) is 0.245. The van der Waals surface area contributed by atoms with Crippen molar-refractivity contribution in [2.75, 3.05) is 49.2 Å². The molecule has 2 saturated heterocycles. The van der Waals surface area contributed by atoms with Crippen molar-refractivity contribution in [3.63, 3.8) is 0 Å². The molecule has 2 N–H and O–H groups in total. The molecule has 12 heteroatoms. The molecular formula is C32H34F2N8O2. The molecule has 0 aliphatic carbocycles. The maximum atomic E-state index is 12.6. The number of ether oxygens (including phenoxy) is 2. The summed E-state index contributed by atoms with van der Waals surface area (Å²) in [4.78, 5) is 30.4. The third kappa shape index (κ3) is 5.45. The number of H-pyrrole nitrogens is 2. The van der Waals surface area contributed by atoms with Gasteiger partial charge >= 0.3 is 6.61 Å². The number of morpholine rings is 1. The molecule has 10 nitrogen and oxygen atoms in total. The first kappa shape index (κ1) is 28.2. The van der Waals surface area contributed by atoms with E-state index in [2.05, 4.69) is 54.6 Å². The number of anilines is 2. The molecule has 7 rings (SSSR count). The number of aromatic amines is 2. The molecule has 0 radical (unpaired) electrons. The molecule has 2 aliphatic rings. The van der Waals surface area contributed by atoms with E-state index in [-0.39, 0.29) is 11.2 Å². The minimum absolute atomic E-state index is 0.132. The van der Waals surface area contributed by atoms with Crippen molar-refractivity contribution in [3.8, 4) is 28.3 Å². The Morgan fingerprint density at radius 2 is 1.66 bits per heavy atom. The van der Waals surface area contributed by atoms with Crippen LogP contribution in [0.15, 0.2) is 55.0 Å². The number of aryl methyl sites for hydroxylation is 1. The first-order valence-electron chi connectivity index (χ1n) is 14.9. The molecule has 0 bridgehead atoms. The highest BCUT2D eigenvalue weighted by molar-refractivity contribution is 5.92. The molecular weight excluding hydrogens is 566 g/mol. The highest BCUT2D eigenvalue weighted by Crippen LogP contribution is 2.38. The van der Waals surface area contributed by atoms with Crippen molar-refractivity contribution >= 4 is 22.7 Å². The van der Waals surface area contributed by atoms with Crippen molar-refractivity contribution in [2.45, 2.75) is 38.7 Å². The van der Waals surface area contributed by atoms with E-state index in [1.807, 2.05) is 13.1 Å². The fourth-order valence-electron chi connectivity index (χ4n) is 6.14. The Balaban J connectivity index is 1.06. The molecule has 0 unspecified atom stereocenters. The number of hydrogen-bond acceptors (Lipinski definition) is 8. The van der Waals surface area contributed by atoms with Crippen LogP contribution in [0.25, 0.3) is 33.5 Å². The molecule has 0 amide bonds. The van der Waals surface area contributed by atoms with E-state index < -0.39 is 6.61 Å². The first-order chi connectivity index (χ1) is 21.4. The summed E-state index contributed by atoms with van der Waals surface area (Å²) in [6, 6.07) is 12.9. The molecule has 2 aliphatic heterocycles. The molecule has 4 aromatic heterocycles. The predicted molar refractivity (Wildman–Crippen MR) is 164 cm³/mol. The number of piperidine rings is 1. The van der Waals surface area contributed by atoms with E-state index in [4.69, 9.17) is 19.7 Å². The molecule has 1 aromatic carbocycles. The monoisotopic (exact) mass is 600 g/mol. The number of fused-ring (bicyclic) bond motifs is 1. The van der Waals surface area contributed by atoms with Gasteiger partial charge in [0.25, 0.3) is 0 Å². The highest BCUT2D eigenvalue weighted by Gasteiger charge is 2.36. The van der Waals surface area contributed by atoms with Gasteiger partial charge in [0.1, 0.15) is 35.2 Å². The number of alkyl halides is 2. The van der Waals surface area contributed by atoms with Gasteiger partial charge in [-0.15, -0.1) is 0 Å². The van der Waals surface area contributed by atoms with Gasteiger partial charge in [-0.05, 0) is 62.2 Å². The van der Waals surface area contributed by atoms with Crippen molar-refractivity contribution in [1.82, 2.24) is 29.9 Å². The number of imidazole rings is 1. The maximum absolute atomic E-state index is 12.6. The lowest BCUT2D eigenvalue weighted by atomic mass is 9.79. The third-order valence-electron chi connectivity index (χ3n) is 8.79. The number of aromatic nitrogens is 6. The Hall–Kier alpha value is -4.58. The summed E-state index contributed by atoms with van der Waals surface area (Å²) in [5.41, 5.74) is 5.23. The fourth-order valence-corrected chi connectivity index (χ4v) is 6.14. The molecule has 0 saturated carbocycles. The van der Waals surface area contributed by atoms with E-state index in [9.17, 15) is 8.78 Å². The van der Waals surface area contributed by atoms with Crippen LogP contribution in [0.4, 0.5) is 20.4 Å². The summed E-state index contributed by atoms with van der Waals surface area (Å²) in [7, 11) is 0. The number of halogens is 2. The summed E-state index contributed by atoms with van der Waals surface area (Å²) in [5.74, 6) is 2.94. The van der Waals surface area contributed by atoms with Gasteiger partial charge in [0.05, 0.1) is 30.0 Å². The standard InChI is InChI=1S/C32H34F2N8O2/c1-20-27(21-3-6-23(7-4-21)44-31(33)34)40-30(38-20)32(2)9-11-42(12-10-32)29-24-17-25(39-28(24)36-19-37-29)22-5-8-26(35-18-22)41-13-15-43-16-14-41/h3-8,17-19,31H,9-16H2,1-2H3,(H,38,40)(H,36,37,39). The molecule has 2 fully saturated rings. The number of nitrogens with zero attached hydrogens (tertiary/aromatic N) is 6. The van der Waals surface area contributed by atoms with Crippen LogP contribution >= 0.6 is 0 Å². The van der Waals surface area contributed by atoms with Gasteiger partial charge in [-0.3, -0.25) is 0 Å². The van der Waals surface area contributed by atoms with Crippen molar-refractivity contribution in [3.05, 3.63) is 66.5 Å². The van der Waals surface area contributed by atoms with Crippen molar-refractivity contribution in [1.29, 1.82) is 0 Å². The zero-order valence-corrected chi connectivity index (χ0v) is 24.7. The highest BCUT2D eigenvalue weighted by atomic mass is 19.3. The second kappa shape index (κ2) is 11.5. The average molecular weight is 601 g/mol. The van der Waals surface area contributed by atoms with E-state index in [0.717, 1.165) is 109 Å². The Kier molecular flexibility index (Phi) is 7.37. The summed E-state index contributed by atoms with van der Waals surface area (Å²) >= 11 is 0. The summed E-state index contributed by atoms with van der Waals surface area (Å²) in [6.45, 7) is 6.13. The zero-order chi connectivity index (χ0) is 30.3. The Labute approximate surface area is 253 Å². The molecule has 44 heavy (non-hydrogen) atoms. The van der Waals surface area contributed by atoms with Gasteiger partial charge in [0.2, 0.25) is 0 Å². The number of nitrogens with one attached hydrogen (secondary N) is 2. The fraction of sp³-hybridized carbons (Fsp3) is 0.375. The second-order valence-corrected chi connectivity index (χ2v) is 11.6. The van der Waals surface area contributed by atoms with Gasteiger partial charge < -0.3 is 29.2 Å². The Bertz CT molecular complexity index is 1740. The van der Waals surface area contributed by atoms with Crippen molar-refractivity contribution < 1.29 is 18.3 Å². The number of benzene rings is 1. The first-order valence-corrected chi connectivity index (χ1v) is 14.9. The van der Waals surface area contributed by atoms with Gasteiger partial charge in [-0.2, -0.15) is 8.78 Å². The lowest BCUT2D eigenvalue weighted by Crippen LogP contribution is -2.42. The average Bonchev–Trinajstić information content (AvgIpc) is 3.67. The summed E-state index contributed by atoms with van der Waals surface area (Å²) < 4.78 is 35.1. The van der Waals surface area contributed by atoms with Crippen LogP contribution in [-0.4, -0.2) is 75.9 Å². The van der Waals surface area contributed by atoms with Crippen LogP contribution in [0.1, 0.15) is 31.3 Å². The minimum Gasteiger partial charge on any atom is -0.435 e. The van der Waals surface area contributed by atoms with Gasteiger partial charge in [0.15, 0.2) is 0 Å². The molecule has 0 spiro atoms. The van der Waals surface area contributed by atoms with Crippen molar-refractivity contribution in [2.24, 2.45) is 0 Å². The van der Waals surface area contributed by atoms with E-state index in [1.165, 1.54) is 0 Å². The summed E-state index contributed by atoms with van der Waals surface area (Å²) in [5, 5.41) is 0.985. The van der Waals surface area contributed by atoms with Crippen LogP contribution in [0.3, 0.4) is 0 Å². The Morgan fingerprint density at radius 3 is 2.36 bits per heavy atom. The number of pyridine rings is 1. The number of hydrogen-bond donors (Lipinski definition) is 2. The van der Waals surface area contributed by atoms with E-state index >= 15 is 0 Å². The Morgan fingerprint density at radius 1 is 0.909 bits per heavy atom. The lowest BCUT2D eigenvalue weighted by Gasteiger charge is -2.38. The predicted octanol–water partition coefficient (Wildman–Crippen LogP) is 5.71. The van der Waals surface area contributed by atoms with E-state index in [0.29, 0.717) is 0 Å². The topological polar surface area (TPSA) is 108 Å². The number of rotatable bonds is 7. The zero-order valence-electron chi connectivity index (χ0n) is 24.7. The summed E-state index contributed by atoms with van der Waals surface area (Å²) in [6.07, 6.45) is 5.29. The van der Waals surface area contributed by atoms with Crippen LogP contribution in [0.5, 0.6) is 5.75 Å². The van der Waals surface area contributed by atoms with Crippen LogP contribution in [-0.2, 0) is 10.2 Å². The molecule has 0 atom stereocenters. The molecule has 6 heterocycles. The van der Waals surface area contributed by atoms with E-state index in [1.54, 1.807) is 30.6 Å². The maximum Gasteiger partial charge on any atom is 0.387 e. The van der Waals surface area contributed by atoms with Crippen LogP contribution < -0.4 is 14.5 Å². The third-order valence-corrected chi connectivity index (χ3v) is 8.79. The van der Waals surface area contributed by atoms with Crippen LogP contribution in [0.2, 0.25) is 0 Å². The SMILES string of the molecule is Cc1nc(C2(C)CCN(c3ncnc4[nH]c(-c5ccc(N6CCOCC6)nc5)cc34)CC2)[nH]c1-c1ccc(OC(F)F)cc1. The normalized spacial score (nSPS) is 17.0. The van der Waals surface area contributed by atoms with Crippen LogP contribution in [0, 0.1) is 6.92 Å². The molecule has 5 aromatic rings. The molecule has 228 valence electrons.